The van der Waals surface area contributed by atoms with Crippen LogP contribution in [0, 0.1) is 5.92 Å². The first-order chi connectivity index (χ1) is 8.72. The zero-order chi connectivity index (χ0) is 13.0. The molecular formula is C13H19N3O2. The molecule has 0 saturated carbocycles. The molecular weight excluding hydrogens is 230 g/mol. The van der Waals surface area contributed by atoms with Crippen molar-refractivity contribution in [3.8, 4) is 0 Å². The van der Waals surface area contributed by atoms with Crippen LogP contribution in [0.3, 0.4) is 0 Å². The first-order valence-corrected chi connectivity index (χ1v) is 6.31. The number of rotatable bonds is 4. The van der Waals surface area contributed by atoms with E-state index in [9.17, 15) is 4.79 Å². The number of anilines is 1. The number of amides is 1. The molecule has 0 aliphatic carbocycles. The van der Waals surface area contributed by atoms with Crippen LogP contribution in [-0.4, -0.2) is 30.1 Å². The van der Waals surface area contributed by atoms with Crippen LogP contribution < -0.4 is 11.1 Å². The summed E-state index contributed by atoms with van der Waals surface area (Å²) in [5.74, 6) is 0.263. The van der Waals surface area contributed by atoms with Crippen molar-refractivity contribution < 1.29 is 9.53 Å². The molecule has 1 amide bonds. The molecule has 1 fully saturated rings. The predicted molar refractivity (Wildman–Crippen MR) is 69.1 cm³/mol. The normalized spacial score (nSPS) is 22.9. The fourth-order valence-corrected chi connectivity index (χ4v) is 2.31. The average Bonchev–Trinajstić information content (AvgIpc) is 2.84. The Balaban J connectivity index is 1.91. The molecule has 2 unspecified atom stereocenters. The van der Waals surface area contributed by atoms with Crippen LogP contribution in [0.4, 0.5) is 5.69 Å². The summed E-state index contributed by atoms with van der Waals surface area (Å²) in [6.07, 6.45) is 5.31. The quantitative estimate of drug-likeness (QED) is 0.840. The van der Waals surface area contributed by atoms with Crippen LogP contribution in [0.5, 0.6) is 0 Å². The van der Waals surface area contributed by atoms with Crippen molar-refractivity contribution in [3.05, 3.63) is 24.0 Å². The van der Waals surface area contributed by atoms with E-state index in [1.807, 2.05) is 0 Å². The van der Waals surface area contributed by atoms with Crippen molar-refractivity contribution >= 4 is 11.6 Å². The molecule has 1 aromatic heterocycles. The molecule has 5 heteroatoms. The van der Waals surface area contributed by atoms with E-state index in [-0.39, 0.29) is 12.0 Å². The largest absolute Gasteiger partial charge is 0.397 e. The molecule has 5 nitrogen and oxygen atoms in total. The molecule has 1 saturated heterocycles. The van der Waals surface area contributed by atoms with E-state index in [1.54, 1.807) is 12.3 Å². The standard InChI is InChI=1S/C13H19N3O2/c1-2-12-9(4-6-18-12)7-16-13(17)10-3-5-15-8-11(10)14/h3,5,8-9,12H,2,4,6-7,14H2,1H3,(H,16,17). The van der Waals surface area contributed by atoms with Gasteiger partial charge in [-0.1, -0.05) is 6.92 Å². The number of aromatic nitrogens is 1. The lowest BCUT2D eigenvalue weighted by molar-refractivity contribution is 0.0827. The van der Waals surface area contributed by atoms with Crippen LogP contribution in [0.1, 0.15) is 30.1 Å². The van der Waals surface area contributed by atoms with Gasteiger partial charge in [0.1, 0.15) is 0 Å². The summed E-state index contributed by atoms with van der Waals surface area (Å²) in [4.78, 5) is 15.8. The minimum absolute atomic E-state index is 0.142. The van der Waals surface area contributed by atoms with Gasteiger partial charge in [-0.2, -0.15) is 0 Å². The second kappa shape index (κ2) is 5.82. The fraction of sp³-hybridized carbons (Fsp3) is 0.538. The van der Waals surface area contributed by atoms with Crippen molar-refractivity contribution in [2.45, 2.75) is 25.9 Å². The van der Waals surface area contributed by atoms with Crippen molar-refractivity contribution in [2.24, 2.45) is 5.92 Å². The molecule has 0 spiro atoms. The number of nitrogen functional groups attached to an aromatic ring is 1. The maximum Gasteiger partial charge on any atom is 0.253 e. The third kappa shape index (κ3) is 2.79. The van der Waals surface area contributed by atoms with E-state index in [0.29, 0.717) is 23.7 Å². The number of hydrogen-bond donors (Lipinski definition) is 2. The molecule has 0 aromatic carbocycles. The van der Waals surface area contributed by atoms with E-state index in [4.69, 9.17) is 10.5 Å². The third-order valence-corrected chi connectivity index (χ3v) is 3.37. The number of ether oxygens (including phenoxy) is 1. The number of carbonyl (C=O) groups excluding carboxylic acids is 1. The molecule has 1 aromatic rings. The second-order valence-electron chi connectivity index (χ2n) is 4.54. The fourth-order valence-electron chi connectivity index (χ4n) is 2.31. The summed E-state index contributed by atoms with van der Waals surface area (Å²) in [6, 6.07) is 1.63. The van der Waals surface area contributed by atoms with Crippen molar-refractivity contribution in [3.63, 3.8) is 0 Å². The van der Waals surface area contributed by atoms with Gasteiger partial charge in [-0.05, 0) is 18.9 Å². The van der Waals surface area contributed by atoms with E-state index in [0.717, 1.165) is 19.4 Å². The molecule has 2 heterocycles. The topological polar surface area (TPSA) is 77.2 Å². The van der Waals surface area contributed by atoms with Gasteiger partial charge in [-0.3, -0.25) is 9.78 Å². The Kier molecular flexibility index (Phi) is 4.15. The van der Waals surface area contributed by atoms with E-state index >= 15 is 0 Å². The van der Waals surface area contributed by atoms with Gasteiger partial charge in [-0.15, -0.1) is 0 Å². The highest BCUT2D eigenvalue weighted by atomic mass is 16.5. The summed E-state index contributed by atoms with van der Waals surface area (Å²) in [6.45, 7) is 3.53. The lowest BCUT2D eigenvalue weighted by Gasteiger charge is -2.17. The third-order valence-electron chi connectivity index (χ3n) is 3.37. The first-order valence-electron chi connectivity index (χ1n) is 6.31. The first kappa shape index (κ1) is 12.8. The Bertz CT molecular complexity index is 422. The number of nitrogens with two attached hydrogens (primary N) is 1. The van der Waals surface area contributed by atoms with Crippen molar-refractivity contribution in [1.29, 1.82) is 0 Å². The van der Waals surface area contributed by atoms with E-state index < -0.39 is 0 Å². The highest BCUT2D eigenvalue weighted by Gasteiger charge is 2.27. The molecule has 18 heavy (non-hydrogen) atoms. The van der Waals surface area contributed by atoms with Gasteiger partial charge in [0.2, 0.25) is 0 Å². The number of nitrogens with zero attached hydrogens (tertiary/aromatic N) is 1. The predicted octanol–water partition coefficient (Wildman–Crippen LogP) is 1.21. The van der Waals surface area contributed by atoms with Crippen molar-refractivity contribution in [2.75, 3.05) is 18.9 Å². The molecule has 1 aliphatic rings. The zero-order valence-corrected chi connectivity index (χ0v) is 10.6. The van der Waals surface area contributed by atoms with Crippen LogP contribution >= 0.6 is 0 Å². The van der Waals surface area contributed by atoms with Crippen molar-refractivity contribution in [1.82, 2.24) is 10.3 Å². The lowest BCUT2D eigenvalue weighted by Crippen LogP contribution is -2.33. The van der Waals surface area contributed by atoms with E-state index in [2.05, 4.69) is 17.2 Å². The number of carbonyl (C=O) groups is 1. The van der Waals surface area contributed by atoms with Gasteiger partial charge in [0.05, 0.1) is 23.6 Å². The maximum atomic E-state index is 12.0. The molecule has 0 radical (unpaired) electrons. The second-order valence-corrected chi connectivity index (χ2v) is 4.54. The van der Waals surface area contributed by atoms with Gasteiger partial charge in [0, 0.05) is 25.3 Å². The summed E-state index contributed by atoms with van der Waals surface area (Å²) >= 11 is 0. The summed E-state index contributed by atoms with van der Waals surface area (Å²) in [5, 5.41) is 2.92. The minimum Gasteiger partial charge on any atom is -0.397 e. The molecule has 0 bridgehead atoms. The maximum absolute atomic E-state index is 12.0. The van der Waals surface area contributed by atoms with E-state index in [1.165, 1.54) is 6.20 Å². The monoisotopic (exact) mass is 249 g/mol. The number of hydrogen-bond acceptors (Lipinski definition) is 4. The minimum atomic E-state index is -0.142. The lowest BCUT2D eigenvalue weighted by atomic mass is 9.99. The Morgan fingerprint density at radius 3 is 3.22 bits per heavy atom. The molecule has 98 valence electrons. The average molecular weight is 249 g/mol. The van der Waals surface area contributed by atoms with Crippen LogP contribution in [0.2, 0.25) is 0 Å². The summed E-state index contributed by atoms with van der Waals surface area (Å²) < 4.78 is 5.59. The van der Waals surface area contributed by atoms with Gasteiger partial charge in [0.15, 0.2) is 0 Å². The molecule has 1 aliphatic heterocycles. The number of nitrogens with one attached hydrogen (secondary N) is 1. The van der Waals surface area contributed by atoms with Crippen LogP contribution in [0.15, 0.2) is 18.5 Å². The molecule has 3 N–H and O–H groups in total. The number of pyridine rings is 1. The highest BCUT2D eigenvalue weighted by Crippen LogP contribution is 2.22. The van der Waals surface area contributed by atoms with Gasteiger partial charge < -0.3 is 15.8 Å². The van der Waals surface area contributed by atoms with Gasteiger partial charge >= 0.3 is 0 Å². The molecule has 2 atom stereocenters. The summed E-state index contributed by atoms with van der Waals surface area (Å²) in [7, 11) is 0. The SMILES string of the molecule is CCC1OCCC1CNC(=O)c1ccncc1N. The smallest absolute Gasteiger partial charge is 0.253 e. The van der Waals surface area contributed by atoms with Crippen LogP contribution in [-0.2, 0) is 4.74 Å². The Hall–Kier alpha value is -1.62. The molecule has 2 rings (SSSR count). The zero-order valence-electron chi connectivity index (χ0n) is 10.6. The Labute approximate surface area is 107 Å². The Morgan fingerprint density at radius 2 is 2.50 bits per heavy atom. The van der Waals surface area contributed by atoms with Gasteiger partial charge in [-0.25, -0.2) is 0 Å². The van der Waals surface area contributed by atoms with Crippen LogP contribution in [0.25, 0.3) is 0 Å². The summed E-state index contributed by atoms with van der Waals surface area (Å²) in [5.41, 5.74) is 6.60. The highest BCUT2D eigenvalue weighted by molar-refractivity contribution is 5.98. The Morgan fingerprint density at radius 1 is 1.67 bits per heavy atom. The van der Waals surface area contributed by atoms with Gasteiger partial charge in [0.25, 0.3) is 5.91 Å².